The summed E-state index contributed by atoms with van der Waals surface area (Å²) >= 11 is 0. The first kappa shape index (κ1) is 17.0. The molecule has 0 spiro atoms. The van der Waals surface area contributed by atoms with E-state index in [1.807, 2.05) is 4.90 Å². The maximum Gasteiger partial charge on any atom is 0.224 e. The Kier molecular flexibility index (Phi) is 7.59. The predicted octanol–water partition coefficient (Wildman–Crippen LogP) is 1.13. The Labute approximate surface area is 122 Å². The van der Waals surface area contributed by atoms with Gasteiger partial charge in [0.1, 0.15) is 0 Å². The molecule has 1 rings (SSSR count). The van der Waals surface area contributed by atoms with Crippen LogP contribution in [0.2, 0.25) is 0 Å². The Morgan fingerprint density at radius 2 is 1.90 bits per heavy atom. The van der Waals surface area contributed by atoms with E-state index in [2.05, 4.69) is 19.2 Å². The zero-order valence-corrected chi connectivity index (χ0v) is 12.9. The van der Waals surface area contributed by atoms with E-state index in [4.69, 9.17) is 5.73 Å². The largest absolute Gasteiger partial charge is 0.356 e. The molecule has 5 nitrogen and oxygen atoms in total. The highest BCUT2D eigenvalue weighted by Gasteiger charge is 2.18. The van der Waals surface area contributed by atoms with Crippen LogP contribution in [0, 0.1) is 11.8 Å². The van der Waals surface area contributed by atoms with E-state index in [1.165, 1.54) is 0 Å². The molecule has 0 aromatic carbocycles. The maximum absolute atomic E-state index is 11.8. The SMILES string of the molecule is CC(C)CC(CN)CC(=O)NCCC(=O)N1CCCC1. The Morgan fingerprint density at radius 3 is 2.45 bits per heavy atom. The van der Waals surface area contributed by atoms with Crippen LogP contribution < -0.4 is 11.1 Å². The van der Waals surface area contributed by atoms with Gasteiger partial charge in [0.15, 0.2) is 0 Å². The lowest BCUT2D eigenvalue weighted by molar-refractivity contribution is -0.130. The molecular weight excluding hydrogens is 254 g/mol. The number of nitrogens with zero attached hydrogens (tertiary/aromatic N) is 1. The molecule has 1 aliphatic heterocycles. The standard InChI is InChI=1S/C15H29N3O2/c1-12(2)9-13(11-16)10-14(19)17-6-5-15(20)18-7-3-4-8-18/h12-13H,3-11,16H2,1-2H3,(H,17,19). The summed E-state index contributed by atoms with van der Waals surface area (Å²) < 4.78 is 0. The van der Waals surface area contributed by atoms with Gasteiger partial charge in [0.2, 0.25) is 11.8 Å². The van der Waals surface area contributed by atoms with Gasteiger partial charge in [-0.3, -0.25) is 9.59 Å². The zero-order valence-electron chi connectivity index (χ0n) is 12.9. The van der Waals surface area contributed by atoms with Crippen molar-refractivity contribution in [1.82, 2.24) is 10.2 Å². The van der Waals surface area contributed by atoms with Gasteiger partial charge < -0.3 is 16.0 Å². The number of rotatable bonds is 8. The Bertz CT molecular complexity index is 312. The lowest BCUT2D eigenvalue weighted by Crippen LogP contribution is -2.34. The molecule has 1 fully saturated rings. The summed E-state index contributed by atoms with van der Waals surface area (Å²) in [5.74, 6) is 0.952. The summed E-state index contributed by atoms with van der Waals surface area (Å²) in [6.45, 7) is 6.99. The quantitative estimate of drug-likeness (QED) is 0.701. The molecule has 3 N–H and O–H groups in total. The van der Waals surface area contributed by atoms with E-state index >= 15 is 0 Å². The lowest BCUT2D eigenvalue weighted by Gasteiger charge is -2.17. The number of nitrogens with two attached hydrogens (primary N) is 1. The Morgan fingerprint density at radius 1 is 1.25 bits per heavy atom. The van der Waals surface area contributed by atoms with Gasteiger partial charge in [-0.1, -0.05) is 13.8 Å². The smallest absolute Gasteiger partial charge is 0.224 e. The highest BCUT2D eigenvalue weighted by molar-refractivity contribution is 5.79. The second-order valence-electron chi connectivity index (χ2n) is 6.12. The van der Waals surface area contributed by atoms with E-state index in [0.29, 0.717) is 31.8 Å². The van der Waals surface area contributed by atoms with Gasteiger partial charge in [0.05, 0.1) is 0 Å². The van der Waals surface area contributed by atoms with Crippen molar-refractivity contribution >= 4 is 11.8 Å². The predicted molar refractivity (Wildman–Crippen MR) is 80.1 cm³/mol. The van der Waals surface area contributed by atoms with E-state index in [1.54, 1.807) is 0 Å². The van der Waals surface area contributed by atoms with Gasteiger partial charge in [0, 0.05) is 32.5 Å². The minimum Gasteiger partial charge on any atom is -0.356 e. The Hall–Kier alpha value is -1.10. The van der Waals surface area contributed by atoms with Crippen LogP contribution in [-0.4, -0.2) is 42.9 Å². The molecule has 5 heteroatoms. The van der Waals surface area contributed by atoms with Gasteiger partial charge in [-0.2, -0.15) is 0 Å². The van der Waals surface area contributed by atoms with E-state index < -0.39 is 0 Å². The number of carbonyl (C=O) groups excluding carboxylic acids is 2. The monoisotopic (exact) mass is 283 g/mol. The third-order valence-electron chi connectivity index (χ3n) is 3.73. The van der Waals surface area contributed by atoms with E-state index in [-0.39, 0.29) is 17.7 Å². The molecule has 0 saturated carbocycles. The molecule has 0 aromatic rings. The summed E-state index contributed by atoms with van der Waals surface area (Å²) in [7, 11) is 0. The van der Waals surface area contributed by atoms with Gasteiger partial charge >= 0.3 is 0 Å². The molecule has 1 unspecified atom stereocenters. The molecule has 2 amide bonds. The van der Waals surface area contributed by atoms with E-state index in [9.17, 15) is 9.59 Å². The molecular formula is C15H29N3O2. The minimum absolute atomic E-state index is 0.00956. The number of nitrogens with one attached hydrogen (secondary N) is 1. The summed E-state index contributed by atoms with van der Waals surface area (Å²) in [6, 6.07) is 0. The summed E-state index contributed by atoms with van der Waals surface area (Å²) in [5, 5.41) is 2.83. The first-order valence-corrected chi connectivity index (χ1v) is 7.77. The van der Waals surface area contributed by atoms with Crippen molar-refractivity contribution in [3.63, 3.8) is 0 Å². The molecule has 1 atom stereocenters. The van der Waals surface area contributed by atoms with Crippen molar-refractivity contribution in [2.75, 3.05) is 26.2 Å². The van der Waals surface area contributed by atoms with Gasteiger partial charge in [0.25, 0.3) is 0 Å². The van der Waals surface area contributed by atoms with E-state index in [0.717, 1.165) is 32.4 Å². The fourth-order valence-electron chi connectivity index (χ4n) is 2.70. The number of amides is 2. The summed E-state index contributed by atoms with van der Waals surface area (Å²) in [6.07, 6.45) is 4.05. The van der Waals surface area contributed by atoms with Crippen LogP contribution in [0.1, 0.15) is 46.0 Å². The second kappa shape index (κ2) is 8.95. The highest BCUT2D eigenvalue weighted by Crippen LogP contribution is 2.14. The van der Waals surface area contributed by atoms with Crippen LogP contribution in [-0.2, 0) is 9.59 Å². The minimum atomic E-state index is 0.00956. The van der Waals surface area contributed by atoms with Gasteiger partial charge in [-0.05, 0) is 37.6 Å². The average Bonchev–Trinajstić information content (AvgIpc) is 2.91. The average molecular weight is 283 g/mol. The molecule has 1 aliphatic rings. The molecule has 0 bridgehead atoms. The topological polar surface area (TPSA) is 75.4 Å². The molecule has 0 aliphatic carbocycles. The molecule has 0 aromatic heterocycles. The fraction of sp³-hybridized carbons (Fsp3) is 0.867. The van der Waals surface area contributed by atoms with Crippen LogP contribution in [0.25, 0.3) is 0 Å². The third-order valence-corrected chi connectivity index (χ3v) is 3.73. The van der Waals surface area contributed by atoms with Crippen LogP contribution in [0.4, 0.5) is 0 Å². The second-order valence-corrected chi connectivity index (χ2v) is 6.12. The first-order chi connectivity index (χ1) is 9.52. The molecule has 20 heavy (non-hydrogen) atoms. The van der Waals surface area contributed by atoms with Gasteiger partial charge in [-0.25, -0.2) is 0 Å². The number of likely N-dealkylation sites (tertiary alicyclic amines) is 1. The Balaban J connectivity index is 2.17. The molecule has 116 valence electrons. The molecule has 0 radical (unpaired) electrons. The van der Waals surface area contributed by atoms with Crippen molar-refractivity contribution in [3.05, 3.63) is 0 Å². The zero-order chi connectivity index (χ0) is 15.0. The normalized spacial score (nSPS) is 16.5. The molecule has 1 saturated heterocycles. The van der Waals surface area contributed by atoms with Crippen molar-refractivity contribution < 1.29 is 9.59 Å². The lowest BCUT2D eigenvalue weighted by atomic mass is 9.94. The first-order valence-electron chi connectivity index (χ1n) is 7.77. The molecule has 1 heterocycles. The summed E-state index contributed by atoms with van der Waals surface area (Å²) in [4.78, 5) is 25.5. The number of hydrogen-bond acceptors (Lipinski definition) is 3. The maximum atomic E-state index is 11.8. The third kappa shape index (κ3) is 6.37. The summed E-state index contributed by atoms with van der Waals surface area (Å²) in [5.41, 5.74) is 5.69. The van der Waals surface area contributed by atoms with Crippen LogP contribution in [0.15, 0.2) is 0 Å². The number of carbonyl (C=O) groups is 2. The van der Waals surface area contributed by atoms with Gasteiger partial charge in [-0.15, -0.1) is 0 Å². The van der Waals surface area contributed by atoms with Crippen molar-refractivity contribution in [3.8, 4) is 0 Å². The van der Waals surface area contributed by atoms with Crippen LogP contribution in [0.5, 0.6) is 0 Å². The van der Waals surface area contributed by atoms with Crippen LogP contribution in [0.3, 0.4) is 0 Å². The van der Waals surface area contributed by atoms with Crippen molar-refractivity contribution in [2.45, 2.75) is 46.0 Å². The van der Waals surface area contributed by atoms with Crippen LogP contribution >= 0.6 is 0 Å². The van der Waals surface area contributed by atoms with Crippen molar-refractivity contribution in [2.24, 2.45) is 17.6 Å². The number of hydrogen-bond donors (Lipinski definition) is 2. The van der Waals surface area contributed by atoms with Crippen molar-refractivity contribution in [1.29, 1.82) is 0 Å². The highest BCUT2D eigenvalue weighted by atomic mass is 16.2. The fourth-order valence-corrected chi connectivity index (χ4v) is 2.70.